The number of imidazole rings is 1. The summed E-state index contributed by atoms with van der Waals surface area (Å²) >= 11 is 11.8. The van der Waals surface area contributed by atoms with Gasteiger partial charge in [0.2, 0.25) is 0 Å². The highest BCUT2D eigenvalue weighted by atomic mass is 35.5. The summed E-state index contributed by atoms with van der Waals surface area (Å²) in [6.07, 6.45) is -4.01. The number of rotatable bonds is 2. The molecule has 3 rings (SSSR count). The second-order valence-corrected chi connectivity index (χ2v) is 5.48. The molecule has 1 aromatic heterocycles. The number of nitrogens with one attached hydrogen (secondary N) is 1. The Morgan fingerprint density at radius 1 is 1.20 bits per heavy atom. The molecule has 0 unspecified atom stereocenters. The zero-order chi connectivity index (χ0) is 14.4. The van der Waals surface area contributed by atoms with Crippen molar-refractivity contribution in [1.82, 2.24) is 9.97 Å². The monoisotopic (exact) mass is 318 g/mol. The van der Waals surface area contributed by atoms with Gasteiger partial charge in [-0.3, -0.25) is 0 Å². The minimum Gasteiger partial charge on any atom is -0.394 e. The van der Waals surface area contributed by atoms with E-state index in [-0.39, 0.29) is 6.61 Å². The molecule has 1 fully saturated rings. The molecule has 20 heavy (non-hydrogen) atoms. The largest absolute Gasteiger partial charge is 0.394 e. The van der Waals surface area contributed by atoms with Crippen LogP contribution in [0.4, 0.5) is 0 Å². The highest BCUT2D eigenvalue weighted by Gasteiger charge is 2.44. The first-order valence-electron chi connectivity index (χ1n) is 5.98. The van der Waals surface area contributed by atoms with Gasteiger partial charge in [0.1, 0.15) is 30.2 Å². The Morgan fingerprint density at radius 3 is 2.55 bits per heavy atom. The molecule has 4 atom stereocenters. The molecular weight excluding hydrogens is 307 g/mol. The molecule has 0 bridgehead atoms. The van der Waals surface area contributed by atoms with Crippen LogP contribution in [0.5, 0.6) is 0 Å². The van der Waals surface area contributed by atoms with Crippen molar-refractivity contribution in [2.45, 2.75) is 24.4 Å². The minimum absolute atomic E-state index is 0.348. The van der Waals surface area contributed by atoms with E-state index < -0.39 is 24.4 Å². The lowest BCUT2D eigenvalue weighted by molar-refractivity contribution is -0.0249. The zero-order valence-electron chi connectivity index (χ0n) is 10.1. The quantitative estimate of drug-likeness (QED) is 0.662. The van der Waals surface area contributed by atoms with Crippen molar-refractivity contribution in [2.24, 2.45) is 0 Å². The standard InChI is InChI=1S/C12H12Cl2N2O4/c13-4-1-6-7(2-5(4)14)16-12(15-6)11-10(19)9(18)8(3-17)20-11/h1-2,8-11,17-19H,3H2,(H,15,16)/t8-,9-,10-,11-/m1/s1. The maximum Gasteiger partial charge on any atom is 0.144 e. The number of aromatic amines is 1. The molecule has 2 aromatic rings. The number of aliphatic hydroxyl groups is 3. The van der Waals surface area contributed by atoms with Gasteiger partial charge >= 0.3 is 0 Å². The average molecular weight is 319 g/mol. The van der Waals surface area contributed by atoms with Gasteiger partial charge in [-0.1, -0.05) is 23.2 Å². The lowest BCUT2D eigenvalue weighted by Crippen LogP contribution is -2.32. The number of halogens is 2. The molecule has 1 aromatic carbocycles. The number of hydrogen-bond acceptors (Lipinski definition) is 5. The third-order valence-electron chi connectivity index (χ3n) is 3.35. The van der Waals surface area contributed by atoms with Gasteiger partial charge in [0.25, 0.3) is 0 Å². The Bertz CT molecular complexity index is 609. The van der Waals surface area contributed by atoms with E-state index >= 15 is 0 Å². The molecule has 0 aliphatic carbocycles. The van der Waals surface area contributed by atoms with Gasteiger partial charge in [0, 0.05) is 0 Å². The summed E-state index contributed by atoms with van der Waals surface area (Å²) in [7, 11) is 0. The minimum atomic E-state index is -1.17. The molecule has 1 saturated heterocycles. The smallest absolute Gasteiger partial charge is 0.144 e. The van der Waals surface area contributed by atoms with Crippen LogP contribution in [0.1, 0.15) is 11.9 Å². The van der Waals surface area contributed by atoms with E-state index in [1.54, 1.807) is 12.1 Å². The lowest BCUT2D eigenvalue weighted by Gasteiger charge is -2.11. The Balaban J connectivity index is 1.99. The fourth-order valence-electron chi connectivity index (χ4n) is 2.28. The van der Waals surface area contributed by atoms with E-state index in [1.165, 1.54) is 0 Å². The molecule has 4 N–H and O–H groups in total. The molecule has 108 valence electrons. The third-order valence-corrected chi connectivity index (χ3v) is 4.08. The molecule has 2 heterocycles. The predicted octanol–water partition coefficient (Wildman–Crippen LogP) is 1.02. The van der Waals surface area contributed by atoms with Crippen molar-refractivity contribution in [3.63, 3.8) is 0 Å². The van der Waals surface area contributed by atoms with E-state index in [1.807, 2.05) is 0 Å². The van der Waals surface area contributed by atoms with E-state index in [0.29, 0.717) is 26.9 Å². The number of nitrogens with zero attached hydrogens (tertiary/aromatic N) is 1. The van der Waals surface area contributed by atoms with Crippen LogP contribution >= 0.6 is 23.2 Å². The maximum atomic E-state index is 9.95. The first-order valence-corrected chi connectivity index (χ1v) is 6.74. The number of hydrogen-bond donors (Lipinski definition) is 4. The van der Waals surface area contributed by atoms with Gasteiger partial charge in [0.15, 0.2) is 0 Å². The van der Waals surface area contributed by atoms with E-state index in [9.17, 15) is 10.2 Å². The summed E-state index contributed by atoms with van der Waals surface area (Å²) in [5.41, 5.74) is 1.22. The van der Waals surface area contributed by atoms with Crippen molar-refractivity contribution in [3.8, 4) is 0 Å². The number of aliphatic hydroxyl groups excluding tert-OH is 3. The number of ether oxygens (including phenoxy) is 1. The fourth-order valence-corrected chi connectivity index (χ4v) is 2.61. The van der Waals surface area contributed by atoms with Crippen LogP contribution in [-0.2, 0) is 4.74 Å². The van der Waals surface area contributed by atoms with Crippen molar-refractivity contribution >= 4 is 34.2 Å². The van der Waals surface area contributed by atoms with Crippen LogP contribution < -0.4 is 0 Å². The van der Waals surface area contributed by atoms with E-state index in [4.69, 9.17) is 33.0 Å². The van der Waals surface area contributed by atoms with Crippen molar-refractivity contribution in [2.75, 3.05) is 6.61 Å². The second-order valence-electron chi connectivity index (χ2n) is 4.66. The van der Waals surface area contributed by atoms with Crippen LogP contribution in [0.3, 0.4) is 0 Å². The first kappa shape index (κ1) is 14.1. The van der Waals surface area contributed by atoms with Crippen LogP contribution in [0, 0.1) is 0 Å². The molecule has 0 saturated carbocycles. The SMILES string of the molecule is OC[C@H]1O[C@@H](c2nc3cc(Cl)c(Cl)cc3[nH]2)[C@H](O)[C@@H]1O. The van der Waals surface area contributed by atoms with Gasteiger partial charge in [-0.05, 0) is 12.1 Å². The van der Waals surface area contributed by atoms with Crippen LogP contribution in [0.15, 0.2) is 12.1 Å². The topological polar surface area (TPSA) is 98.6 Å². The summed E-state index contributed by atoms with van der Waals surface area (Å²) < 4.78 is 5.40. The molecular formula is C12H12Cl2N2O4. The molecule has 0 spiro atoms. The van der Waals surface area contributed by atoms with E-state index in [2.05, 4.69) is 9.97 Å². The lowest BCUT2D eigenvalue weighted by atomic mass is 10.1. The van der Waals surface area contributed by atoms with Crippen LogP contribution in [0.25, 0.3) is 11.0 Å². The molecule has 1 aliphatic rings. The van der Waals surface area contributed by atoms with Crippen molar-refractivity contribution in [3.05, 3.63) is 28.0 Å². The predicted molar refractivity (Wildman–Crippen MR) is 72.8 cm³/mol. The molecule has 0 radical (unpaired) electrons. The molecule has 8 heteroatoms. The summed E-state index contributed by atoms with van der Waals surface area (Å²) in [5.74, 6) is 0.348. The highest BCUT2D eigenvalue weighted by Crippen LogP contribution is 2.34. The van der Waals surface area contributed by atoms with Gasteiger partial charge in [-0.2, -0.15) is 0 Å². The van der Waals surface area contributed by atoms with E-state index in [0.717, 1.165) is 0 Å². The zero-order valence-corrected chi connectivity index (χ0v) is 11.6. The van der Waals surface area contributed by atoms with Crippen LogP contribution in [-0.4, -0.2) is 50.2 Å². The number of benzene rings is 1. The number of aromatic nitrogens is 2. The molecule has 0 amide bonds. The normalized spacial score (nSPS) is 30.2. The van der Waals surface area contributed by atoms with Crippen molar-refractivity contribution < 1.29 is 20.1 Å². The Labute approximate surface area is 123 Å². The summed E-state index contributed by atoms with van der Waals surface area (Å²) in [5, 5.41) is 29.5. The number of H-pyrrole nitrogens is 1. The van der Waals surface area contributed by atoms with Gasteiger partial charge in [-0.25, -0.2) is 4.98 Å². The molecule has 6 nitrogen and oxygen atoms in total. The second kappa shape index (κ2) is 5.14. The average Bonchev–Trinajstić information content (AvgIpc) is 2.93. The van der Waals surface area contributed by atoms with Gasteiger partial charge in [0.05, 0.1) is 27.7 Å². The highest BCUT2D eigenvalue weighted by molar-refractivity contribution is 6.42. The Kier molecular flexibility index (Phi) is 3.62. The Morgan fingerprint density at radius 2 is 1.90 bits per heavy atom. The first-order chi connectivity index (χ1) is 9.51. The maximum absolute atomic E-state index is 9.95. The Hall–Kier alpha value is -0.890. The summed E-state index contributed by atoms with van der Waals surface area (Å²) in [6.45, 7) is -0.382. The van der Waals surface area contributed by atoms with Crippen molar-refractivity contribution in [1.29, 1.82) is 0 Å². The summed E-state index contributed by atoms with van der Waals surface area (Å²) in [6, 6.07) is 3.22. The van der Waals surface area contributed by atoms with Gasteiger partial charge < -0.3 is 25.0 Å². The van der Waals surface area contributed by atoms with Gasteiger partial charge in [-0.15, -0.1) is 0 Å². The fraction of sp³-hybridized carbons (Fsp3) is 0.417. The van der Waals surface area contributed by atoms with Crippen LogP contribution in [0.2, 0.25) is 10.0 Å². The third kappa shape index (κ3) is 2.18. The summed E-state index contributed by atoms with van der Waals surface area (Å²) in [4.78, 5) is 7.24. The molecule has 1 aliphatic heterocycles. The number of fused-ring (bicyclic) bond motifs is 1.